The minimum atomic E-state index is -0.0324. The van der Waals surface area contributed by atoms with Gasteiger partial charge in [-0.3, -0.25) is 15.1 Å². The summed E-state index contributed by atoms with van der Waals surface area (Å²) in [4.78, 5) is 17.4. The third kappa shape index (κ3) is 6.35. The van der Waals surface area contributed by atoms with Gasteiger partial charge in [0.2, 0.25) is 5.91 Å². The second-order valence-electron chi connectivity index (χ2n) is 8.80. The van der Waals surface area contributed by atoms with Crippen LogP contribution in [0.5, 0.6) is 0 Å². The number of carbonyl (C=O) groups is 1. The SMILES string of the molecule is C#Cc1cccc(NC(=N)c2cc(NC(=O)CN3CCN(CC4CC4)CC3)ccc2NC)c1. The van der Waals surface area contributed by atoms with E-state index in [0.717, 1.165) is 49.0 Å². The van der Waals surface area contributed by atoms with Crippen molar-refractivity contribution < 1.29 is 4.79 Å². The molecule has 1 saturated carbocycles. The number of benzene rings is 2. The molecule has 1 aliphatic carbocycles. The third-order valence-electron chi connectivity index (χ3n) is 6.19. The van der Waals surface area contributed by atoms with Crippen molar-refractivity contribution in [2.45, 2.75) is 12.8 Å². The molecule has 0 unspecified atom stereocenters. The van der Waals surface area contributed by atoms with Crippen molar-refractivity contribution in [3.05, 3.63) is 53.6 Å². The fourth-order valence-electron chi connectivity index (χ4n) is 4.14. The zero-order chi connectivity index (χ0) is 23.2. The van der Waals surface area contributed by atoms with Crippen LogP contribution < -0.4 is 16.0 Å². The van der Waals surface area contributed by atoms with E-state index in [9.17, 15) is 4.79 Å². The Hall–Kier alpha value is -3.34. The van der Waals surface area contributed by atoms with Gasteiger partial charge < -0.3 is 20.9 Å². The van der Waals surface area contributed by atoms with Gasteiger partial charge in [0.1, 0.15) is 5.84 Å². The highest BCUT2D eigenvalue weighted by atomic mass is 16.2. The third-order valence-corrected chi connectivity index (χ3v) is 6.19. The second kappa shape index (κ2) is 10.5. The average Bonchev–Trinajstić information content (AvgIpc) is 3.64. The van der Waals surface area contributed by atoms with Crippen LogP contribution in [0.1, 0.15) is 24.0 Å². The fraction of sp³-hybridized carbons (Fsp3) is 0.385. The van der Waals surface area contributed by atoms with Gasteiger partial charge in [0.15, 0.2) is 0 Å². The molecule has 0 atom stereocenters. The lowest BCUT2D eigenvalue weighted by atomic mass is 10.1. The number of carbonyl (C=O) groups excluding carboxylic acids is 1. The monoisotopic (exact) mass is 444 g/mol. The van der Waals surface area contributed by atoms with Crippen molar-refractivity contribution in [3.63, 3.8) is 0 Å². The van der Waals surface area contributed by atoms with Gasteiger partial charge in [-0.25, -0.2) is 0 Å². The molecule has 2 aliphatic rings. The molecule has 1 heterocycles. The van der Waals surface area contributed by atoms with Crippen molar-refractivity contribution in [2.75, 3.05) is 62.3 Å². The lowest BCUT2D eigenvalue weighted by Crippen LogP contribution is -2.49. The van der Waals surface area contributed by atoms with E-state index in [4.69, 9.17) is 11.8 Å². The standard InChI is InChI=1S/C26H32N6O/c1-3-19-5-4-6-21(15-19)30-26(27)23-16-22(9-10-24(23)28-2)29-25(33)18-32-13-11-31(12-14-32)17-20-7-8-20/h1,4-6,9-10,15-16,20,28H,7-8,11-14,17-18H2,2H3,(H2,27,30)(H,29,33). The summed E-state index contributed by atoms with van der Waals surface area (Å²) in [6, 6.07) is 12.9. The molecule has 7 nitrogen and oxygen atoms in total. The van der Waals surface area contributed by atoms with Crippen molar-refractivity contribution >= 4 is 28.8 Å². The van der Waals surface area contributed by atoms with Crippen LogP contribution in [-0.2, 0) is 4.79 Å². The first-order valence-corrected chi connectivity index (χ1v) is 11.5. The van der Waals surface area contributed by atoms with Crippen LogP contribution in [0.2, 0.25) is 0 Å². The van der Waals surface area contributed by atoms with E-state index in [0.29, 0.717) is 17.8 Å². The lowest BCUT2D eigenvalue weighted by molar-refractivity contribution is -0.117. The molecule has 4 N–H and O–H groups in total. The first-order valence-electron chi connectivity index (χ1n) is 11.5. The van der Waals surface area contributed by atoms with Gasteiger partial charge in [0.05, 0.1) is 6.54 Å². The fourth-order valence-corrected chi connectivity index (χ4v) is 4.14. The Morgan fingerprint density at radius 2 is 1.79 bits per heavy atom. The van der Waals surface area contributed by atoms with Crippen molar-refractivity contribution in [1.29, 1.82) is 5.41 Å². The van der Waals surface area contributed by atoms with Crippen LogP contribution in [0.25, 0.3) is 0 Å². The summed E-state index contributed by atoms with van der Waals surface area (Å²) < 4.78 is 0. The summed E-state index contributed by atoms with van der Waals surface area (Å²) in [5.74, 6) is 3.70. The maximum absolute atomic E-state index is 12.7. The average molecular weight is 445 g/mol. The maximum atomic E-state index is 12.7. The second-order valence-corrected chi connectivity index (χ2v) is 8.80. The van der Waals surface area contributed by atoms with E-state index < -0.39 is 0 Å². The molecule has 0 spiro atoms. The molecule has 0 radical (unpaired) electrons. The van der Waals surface area contributed by atoms with E-state index in [1.54, 1.807) is 0 Å². The van der Waals surface area contributed by atoms with Gasteiger partial charge in [-0.15, -0.1) is 6.42 Å². The summed E-state index contributed by atoms with van der Waals surface area (Å²) in [7, 11) is 1.81. The van der Waals surface area contributed by atoms with Crippen LogP contribution in [-0.4, -0.2) is 67.9 Å². The molecule has 2 fully saturated rings. The van der Waals surface area contributed by atoms with E-state index in [1.165, 1.54) is 19.4 Å². The molecule has 172 valence electrons. The Labute approximate surface area is 196 Å². The van der Waals surface area contributed by atoms with Gasteiger partial charge in [0, 0.05) is 68.0 Å². The molecule has 4 rings (SSSR count). The van der Waals surface area contributed by atoms with Crippen LogP contribution in [0.15, 0.2) is 42.5 Å². The smallest absolute Gasteiger partial charge is 0.238 e. The first kappa shape index (κ1) is 22.8. The molecular formula is C26H32N6O. The molecule has 0 aromatic heterocycles. The van der Waals surface area contributed by atoms with Crippen molar-refractivity contribution in [2.24, 2.45) is 5.92 Å². The minimum absolute atomic E-state index is 0.0324. The number of hydrogen-bond acceptors (Lipinski definition) is 5. The van der Waals surface area contributed by atoms with Gasteiger partial charge >= 0.3 is 0 Å². The van der Waals surface area contributed by atoms with Gasteiger partial charge in [0.25, 0.3) is 0 Å². The number of rotatable bonds is 8. The van der Waals surface area contributed by atoms with E-state index >= 15 is 0 Å². The zero-order valence-electron chi connectivity index (χ0n) is 19.2. The number of amides is 1. The van der Waals surface area contributed by atoms with Crippen molar-refractivity contribution in [3.8, 4) is 12.3 Å². The van der Waals surface area contributed by atoms with Gasteiger partial charge in [-0.2, -0.15) is 0 Å². The number of amidine groups is 1. The molecule has 0 bridgehead atoms. The first-order chi connectivity index (χ1) is 16.0. The molecule has 1 amide bonds. The molecule has 1 aliphatic heterocycles. The summed E-state index contributed by atoms with van der Waals surface area (Å²) in [5.41, 5.74) is 3.62. The minimum Gasteiger partial charge on any atom is -0.388 e. The van der Waals surface area contributed by atoms with Gasteiger partial charge in [-0.1, -0.05) is 12.0 Å². The summed E-state index contributed by atoms with van der Waals surface area (Å²) in [6.45, 7) is 5.52. The number of piperazine rings is 1. The van der Waals surface area contributed by atoms with Crippen molar-refractivity contribution in [1.82, 2.24) is 9.80 Å². The van der Waals surface area contributed by atoms with E-state index in [2.05, 4.69) is 31.7 Å². The van der Waals surface area contributed by atoms with Crippen LogP contribution >= 0.6 is 0 Å². The predicted molar refractivity (Wildman–Crippen MR) is 135 cm³/mol. The Balaban J connectivity index is 1.35. The predicted octanol–water partition coefficient (Wildman–Crippen LogP) is 3.11. The van der Waals surface area contributed by atoms with Crippen LogP contribution in [0.3, 0.4) is 0 Å². The van der Waals surface area contributed by atoms with E-state index in [1.807, 2.05) is 49.5 Å². The van der Waals surface area contributed by atoms with Crippen LogP contribution in [0.4, 0.5) is 17.1 Å². The zero-order valence-corrected chi connectivity index (χ0v) is 19.2. The molecule has 7 heteroatoms. The van der Waals surface area contributed by atoms with Crippen LogP contribution in [0, 0.1) is 23.7 Å². The maximum Gasteiger partial charge on any atom is 0.238 e. The summed E-state index contributed by atoms with van der Waals surface area (Å²) in [5, 5.41) is 17.8. The Morgan fingerprint density at radius 1 is 1.06 bits per heavy atom. The topological polar surface area (TPSA) is 83.5 Å². The molecule has 33 heavy (non-hydrogen) atoms. The Kier molecular flexibility index (Phi) is 7.28. The van der Waals surface area contributed by atoms with E-state index in [-0.39, 0.29) is 11.7 Å². The number of terminal acetylenes is 1. The Morgan fingerprint density at radius 3 is 2.48 bits per heavy atom. The Bertz CT molecular complexity index is 1050. The highest BCUT2D eigenvalue weighted by molar-refractivity contribution is 6.10. The normalized spacial score (nSPS) is 16.6. The summed E-state index contributed by atoms with van der Waals surface area (Å²) in [6.07, 6.45) is 8.23. The highest BCUT2D eigenvalue weighted by Crippen LogP contribution is 2.30. The quantitative estimate of drug-likeness (QED) is 0.286. The number of nitrogens with one attached hydrogen (secondary N) is 4. The molecule has 2 aromatic carbocycles. The largest absolute Gasteiger partial charge is 0.388 e. The molecule has 2 aromatic rings. The number of anilines is 3. The summed E-state index contributed by atoms with van der Waals surface area (Å²) >= 11 is 0. The number of hydrogen-bond donors (Lipinski definition) is 4. The molecule has 1 saturated heterocycles. The highest BCUT2D eigenvalue weighted by Gasteiger charge is 2.26. The molecular weight excluding hydrogens is 412 g/mol. The lowest BCUT2D eigenvalue weighted by Gasteiger charge is -2.34. The number of nitrogens with zero attached hydrogens (tertiary/aromatic N) is 2. The van der Waals surface area contributed by atoms with Gasteiger partial charge in [-0.05, 0) is 55.2 Å².